The van der Waals surface area contributed by atoms with Gasteiger partial charge in [0.25, 0.3) is 0 Å². The van der Waals surface area contributed by atoms with E-state index in [-0.39, 0.29) is 6.10 Å². The Hall–Kier alpha value is -0.120. The molecule has 0 aliphatic heterocycles. The van der Waals surface area contributed by atoms with Crippen LogP contribution in [0.5, 0.6) is 0 Å². The molecule has 3 nitrogen and oxygen atoms in total. The highest BCUT2D eigenvalue weighted by molar-refractivity contribution is 5.09. The Labute approximate surface area is 185 Å². The molecule has 3 N–H and O–H groups in total. The standard InChI is InChI=1S/C27H48O3/c1-17(6-11-24(29)25(2,3)30)21-9-10-22-20-8-7-18-16-19(28)12-14-26(18,4)23(20)13-15-27(21,22)5/h17-24,28-30H,6-16H2,1-5H3/t17-,18-,19-,20+,21-,22+,23+,24+,26+,27-/m1/s1. The number of aliphatic hydroxyl groups excluding tert-OH is 2. The molecule has 4 rings (SSSR count). The summed E-state index contributed by atoms with van der Waals surface area (Å²) in [7, 11) is 0. The first-order valence-electron chi connectivity index (χ1n) is 13.1. The van der Waals surface area contributed by atoms with Gasteiger partial charge >= 0.3 is 0 Å². The van der Waals surface area contributed by atoms with Gasteiger partial charge < -0.3 is 15.3 Å². The van der Waals surface area contributed by atoms with Crippen molar-refractivity contribution in [3.8, 4) is 0 Å². The quantitative estimate of drug-likeness (QED) is 0.546. The predicted molar refractivity (Wildman–Crippen MR) is 122 cm³/mol. The van der Waals surface area contributed by atoms with E-state index < -0.39 is 11.7 Å². The first kappa shape index (κ1) is 23.1. The maximum absolute atomic E-state index is 10.3. The summed E-state index contributed by atoms with van der Waals surface area (Å²) in [5.74, 6) is 4.74. The molecular weight excluding hydrogens is 372 g/mol. The molecule has 4 aliphatic carbocycles. The van der Waals surface area contributed by atoms with E-state index in [2.05, 4.69) is 20.8 Å². The van der Waals surface area contributed by atoms with Crippen LogP contribution in [0.15, 0.2) is 0 Å². The summed E-state index contributed by atoms with van der Waals surface area (Å²) in [6, 6.07) is 0. The molecule has 0 aromatic heterocycles. The Bertz CT molecular complexity index is 612. The fourth-order valence-corrected chi connectivity index (χ4v) is 9.19. The van der Waals surface area contributed by atoms with Gasteiger partial charge in [0.2, 0.25) is 0 Å². The molecule has 0 saturated heterocycles. The number of fused-ring (bicyclic) bond motifs is 5. The third-order valence-corrected chi connectivity index (χ3v) is 11.1. The summed E-state index contributed by atoms with van der Waals surface area (Å²) >= 11 is 0. The summed E-state index contributed by atoms with van der Waals surface area (Å²) in [6.07, 6.45) is 12.6. The van der Waals surface area contributed by atoms with Crippen LogP contribution in [0.25, 0.3) is 0 Å². The van der Waals surface area contributed by atoms with Gasteiger partial charge in [0, 0.05) is 0 Å². The van der Waals surface area contributed by atoms with Crippen molar-refractivity contribution in [1.29, 1.82) is 0 Å². The molecule has 3 heteroatoms. The maximum atomic E-state index is 10.3. The van der Waals surface area contributed by atoms with Gasteiger partial charge in [0.1, 0.15) is 0 Å². The summed E-state index contributed by atoms with van der Waals surface area (Å²) in [5, 5.41) is 30.7. The van der Waals surface area contributed by atoms with Crippen LogP contribution >= 0.6 is 0 Å². The molecule has 4 aliphatic rings. The minimum Gasteiger partial charge on any atom is -0.393 e. The van der Waals surface area contributed by atoms with Crippen LogP contribution in [0.1, 0.15) is 105 Å². The molecule has 0 bridgehead atoms. The minimum atomic E-state index is -0.998. The Morgan fingerprint density at radius 1 is 0.900 bits per heavy atom. The van der Waals surface area contributed by atoms with Crippen molar-refractivity contribution in [3.05, 3.63) is 0 Å². The molecule has 0 aromatic rings. The second-order valence-electron chi connectivity index (χ2n) is 13.0. The summed E-state index contributed by atoms with van der Waals surface area (Å²) in [4.78, 5) is 0. The number of hydrogen-bond acceptors (Lipinski definition) is 3. The van der Waals surface area contributed by atoms with Gasteiger partial charge in [0.05, 0.1) is 17.8 Å². The third-order valence-electron chi connectivity index (χ3n) is 11.1. The Kier molecular flexibility index (Phi) is 6.17. The zero-order valence-electron chi connectivity index (χ0n) is 20.2. The fourth-order valence-electron chi connectivity index (χ4n) is 9.19. The van der Waals surface area contributed by atoms with E-state index in [1.807, 2.05) is 0 Å². The first-order chi connectivity index (χ1) is 14.0. The van der Waals surface area contributed by atoms with Crippen molar-refractivity contribution in [2.24, 2.45) is 46.3 Å². The lowest BCUT2D eigenvalue weighted by Crippen LogP contribution is -2.54. The topological polar surface area (TPSA) is 60.7 Å². The van der Waals surface area contributed by atoms with Crippen LogP contribution in [-0.4, -0.2) is 33.1 Å². The molecule has 0 unspecified atom stereocenters. The van der Waals surface area contributed by atoms with Crippen LogP contribution in [-0.2, 0) is 0 Å². The summed E-state index contributed by atoms with van der Waals surface area (Å²) < 4.78 is 0. The van der Waals surface area contributed by atoms with Crippen molar-refractivity contribution >= 4 is 0 Å². The lowest BCUT2D eigenvalue weighted by Gasteiger charge is -2.61. The zero-order chi connectivity index (χ0) is 21.9. The fraction of sp³-hybridized carbons (Fsp3) is 1.00. The highest BCUT2D eigenvalue weighted by atomic mass is 16.3. The molecule has 0 heterocycles. The van der Waals surface area contributed by atoms with Crippen LogP contribution in [0.4, 0.5) is 0 Å². The SMILES string of the molecule is C[C@H](CC[C@H](O)C(C)(C)O)[C@H]1CC[C@H]2[C@@H]3CC[C@@H]4C[C@H](O)CC[C@]4(C)[C@H]3CC[C@]12C. The van der Waals surface area contributed by atoms with Gasteiger partial charge in [-0.05, 0) is 131 Å². The molecule has 0 aromatic carbocycles. The summed E-state index contributed by atoms with van der Waals surface area (Å²) in [5.41, 5.74) is -0.0802. The van der Waals surface area contributed by atoms with Crippen molar-refractivity contribution < 1.29 is 15.3 Å². The number of rotatable bonds is 5. The number of hydrogen-bond donors (Lipinski definition) is 3. The Balaban J connectivity index is 1.45. The average Bonchev–Trinajstić information content (AvgIpc) is 3.03. The second-order valence-corrected chi connectivity index (χ2v) is 13.0. The van der Waals surface area contributed by atoms with E-state index in [1.54, 1.807) is 13.8 Å². The van der Waals surface area contributed by atoms with Crippen LogP contribution < -0.4 is 0 Å². The van der Waals surface area contributed by atoms with Crippen LogP contribution in [0, 0.1) is 46.3 Å². The molecule has 174 valence electrons. The molecule has 10 atom stereocenters. The van der Waals surface area contributed by atoms with E-state index in [4.69, 9.17) is 0 Å². The van der Waals surface area contributed by atoms with Gasteiger partial charge in [-0.2, -0.15) is 0 Å². The van der Waals surface area contributed by atoms with Gasteiger partial charge in [0.15, 0.2) is 0 Å². The maximum Gasteiger partial charge on any atom is 0.0849 e. The number of aliphatic hydroxyl groups is 3. The molecule has 4 saturated carbocycles. The lowest BCUT2D eigenvalue weighted by atomic mass is 9.44. The smallest absolute Gasteiger partial charge is 0.0849 e. The molecular formula is C27H48O3. The van der Waals surface area contributed by atoms with Gasteiger partial charge in [-0.3, -0.25) is 0 Å². The molecule has 30 heavy (non-hydrogen) atoms. The van der Waals surface area contributed by atoms with E-state index >= 15 is 0 Å². The summed E-state index contributed by atoms with van der Waals surface area (Å²) in [6.45, 7) is 11.0. The monoisotopic (exact) mass is 420 g/mol. The highest BCUT2D eigenvalue weighted by Crippen LogP contribution is 2.68. The van der Waals surface area contributed by atoms with E-state index in [0.717, 1.165) is 48.9 Å². The zero-order valence-corrected chi connectivity index (χ0v) is 20.2. The second kappa shape index (κ2) is 8.03. The lowest BCUT2D eigenvalue weighted by molar-refractivity contribution is -0.129. The van der Waals surface area contributed by atoms with E-state index in [1.165, 1.54) is 44.9 Å². The molecule has 4 fully saturated rings. The predicted octanol–water partition coefficient (Wildman–Crippen LogP) is 5.55. The van der Waals surface area contributed by atoms with Crippen LogP contribution in [0.3, 0.4) is 0 Å². The van der Waals surface area contributed by atoms with Gasteiger partial charge in [-0.25, -0.2) is 0 Å². The largest absolute Gasteiger partial charge is 0.393 e. The first-order valence-corrected chi connectivity index (χ1v) is 13.1. The van der Waals surface area contributed by atoms with Crippen molar-refractivity contribution in [1.82, 2.24) is 0 Å². The van der Waals surface area contributed by atoms with E-state index in [0.29, 0.717) is 23.2 Å². The van der Waals surface area contributed by atoms with Crippen molar-refractivity contribution in [2.45, 2.75) is 123 Å². The third kappa shape index (κ3) is 3.79. The van der Waals surface area contributed by atoms with Crippen LogP contribution in [0.2, 0.25) is 0 Å². The minimum absolute atomic E-state index is 0.0514. The molecule has 0 spiro atoms. The highest BCUT2D eigenvalue weighted by Gasteiger charge is 2.60. The average molecular weight is 421 g/mol. The van der Waals surface area contributed by atoms with Gasteiger partial charge in [-0.15, -0.1) is 0 Å². The molecule has 0 amide bonds. The van der Waals surface area contributed by atoms with E-state index in [9.17, 15) is 15.3 Å². The Morgan fingerprint density at radius 2 is 1.57 bits per heavy atom. The van der Waals surface area contributed by atoms with Crippen molar-refractivity contribution in [2.75, 3.05) is 0 Å². The Morgan fingerprint density at radius 3 is 2.27 bits per heavy atom. The van der Waals surface area contributed by atoms with Gasteiger partial charge in [-0.1, -0.05) is 20.8 Å². The van der Waals surface area contributed by atoms with Crippen molar-refractivity contribution in [3.63, 3.8) is 0 Å². The normalized spacial score (nSPS) is 48.4. The molecule has 0 radical (unpaired) electrons.